The molecule has 3 amide bonds. The summed E-state index contributed by atoms with van der Waals surface area (Å²) in [5.74, 6) is -1.88. The van der Waals surface area contributed by atoms with Crippen LogP contribution >= 0.6 is 0 Å². The maximum absolute atomic E-state index is 13.3. The topological polar surface area (TPSA) is 144 Å². The molecule has 4 atom stereocenters. The van der Waals surface area contributed by atoms with Gasteiger partial charge in [-0.2, -0.15) is 0 Å². The number of carboxylic acids is 1. The van der Waals surface area contributed by atoms with E-state index < -0.39 is 33.2 Å². The number of nitrogens with one attached hydrogen (secondary N) is 2. The van der Waals surface area contributed by atoms with Crippen molar-refractivity contribution in [3.05, 3.63) is 36.6 Å². The molecule has 11 nitrogen and oxygen atoms in total. The molecule has 1 unspecified atom stereocenters. The summed E-state index contributed by atoms with van der Waals surface area (Å²) >= 11 is 0. The zero-order valence-corrected chi connectivity index (χ0v) is 24.1. The molecule has 2 rings (SSSR count). The molecule has 1 fully saturated rings. The molecule has 2 heterocycles. The Hall–Kier alpha value is -3.12. The van der Waals surface area contributed by atoms with E-state index in [1.54, 1.807) is 0 Å². The van der Waals surface area contributed by atoms with Gasteiger partial charge in [0.1, 0.15) is 18.9 Å². The van der Waals surface area contributed by atoms with Gasteiger partial charge in [0.15, 0.2) is 9.04 Å². The van der Waals surface area contributed by atoms with Crippen molar-refractivity contribution in [1.29, 1.82) is 0 Å². The van der Waals surface area contributed by atoms with Crippen molar-refractivity contribution in [3.8, 4) is 0 Å². The molecular formula is C26H41N3O8Si. The lowest BCUT2D eigenvalue weighted by atomic mass is 9.66. The first-order valence-corrected chi connectivity index (χ1v) is 15.6. The number of rotatable bonds is 14. The number of alkyl carbamates (subject to hydrolysis) is 2. The fourth-order valence-electron chi connectivity index (χ4n) is 4.85. The first-order chi connectivity index (χ1) is 17.8. The maximum Gasteiger partial charge on any atom is 0.407 e. The highest BCUT2D eigenvalue weighted by atomic mass is 28.3. The molecule has 0 aliphatic carbocycles. The van der Waals surface area contributed by atoms with Crippen molar-refractivity contribution in [2.24, 2.45) is 17.3 Å². The number of aliphatic carboxylic acids is 1. The van der Waals surface area contributed by atoms with E-state index in [0.717, 1.165) is 0 Å². The second-order valence-corrected chi connectivity index (χ2v) is 13.2. The Labute approximate surface area is 226 Å². The standard InChI is InChI=1S/C26H41N3O8Si/c1-8-10-35-24(33)27-14-17(28-25(34)36-11-9-2)12-16-13-19-20(22(30)29(19)21(16)23(31)32)18(26(3,4)5)15-37-38(6)7/h8-9,17-20,38H,1-2,10-15H2,3-7H3,(H,27,33)(H,28,34)(H,31,32)/t17?,18-,19-,20+/m1/s1. The summed E-state index contributed by atoms with van der Waals surface area (Å²) in [7, 11) is -1.32. The van der Waals surface area contributed by atoms with E-state index in [-0.39, 0.29) is 61.1 Å². The highest BCUT2D eigenvalue weighted by Gasteiger charge is 2.59. The zero-order valence-electron chi connectivity index (χ0n) is 23.0. The number of carboxylic acid groups (broad SMARTS) is 1. The second kappa shape index (κ2) is 13.6. The van der Waals surface area contributed by atoms with E-state index >= 15 is 0 Å². The molecule has 1 saturated heterocycles. The van der Waals surface area contributed by atoms with Gasteiger partial charge in [-0.15, -0.1) is 0 Å². The van der Waals surface area contributed by atoms with Crippen LogP contribution in [-0.2, 0) is 23.5 Å². The van der Waals surface area contributed by atoms with Crippen LogP contribution in [0, 0.1) is 17.3 Å². The maximum atomic E-state index is 13.3. The molecule has 0 saturated carbocycles. The number of nitrogens with zero attached hydrogens (tertiary/aromatic N) is 1. The summed E-state index contributed by atoms with van der Waals surface area (Å²) in [4.78, 5) is 51.2. The van der Waals surface area contributed by atoms with Gasteiger partial charge in [-0.05, 0) is 42.8 Å². The van der Waals surface area contributed by atoms with Crippen LogP contribution in [0.4, 0.5) is 9.59 Å². The van der Waals surface area contributed by atoms with Crippen LogP contribution in [0.2, 0.25) is 13.1 Å². The summed E-state index contributed by atoms with van der Waals surface area (Å²) in [5, 5.41) is 15.2. The normalized spacial score (nSPS) is 20.3. The van der Waals surface area contributed by atoms with Gasteiger partial charge in [-0.1, -0.05) is 46.1 Å². The van der Waals surface area contributed by atoms with E-state index in [0.29, 0.717) is 18.6 Å². The van der Waals surface area contributed by atoms with Crippen molar-refractivity contribution in [2.45, 2.75) is 58.8 Å². The Kier molecular flexibility index (Phi) is 11.1. The van der Waals surface area contributed by atoms with Gasteiger partial charge in [0.2, 0.25) is 5.91 Å². The number of carbonyl (C=O) groups excluding carboxylic acids is 3. The van der Waals surface area contributed by atoms with Gasteiger partial charge in [0.05, 0.1) is 18.0 Å². The molecule has 0 bridgehead atoms. The molecule has 2 aliphatic rings. The Morgan fingerprint density at radius 3 is 2.29 bits per heavy atom. The van der Waals surface area contributed by atoms with Gasteiger partial charge in [0.25, 0.3) is 0 Å². The lowest BCUT2D eigenvalue weighted by Gasteiger charge is -2.50. The first-order valence-electron chi connectivity index (χ1n) is 12.8. The minimum atomic E-state index is -1.32. The Morgan fingerprint density at radius 2 is 1.76 bits per heavy atom. The van der Waals surface area contributed by atoms with Crippen molar-refractivity contribution in [2.75, 3.05) is 26.4 Å². The molecule has 0 aromatic rings. The number of ether oxygens (including phenoxy) is 2. The lowest BCUT2D eigenvalue weighted by Crippen LogP contribution is -2.63. The highest BCUT2D eigenvalue weighted by Crippen LogP contribution is 2.50. The molecule has 0 aromatic carbocycles. The first kappa shape index (κ1) is 31.1. The second-order valence-electron chi connectivity index (χ2n) is 10.8. The van der Waals surface area contributed by atoms with Crippen LogP contribution in [0.3, 0.4) is 0 Å². The van der Waals surface area contributed by atoms with Gasteiger partial charge < -0.3 is 34.5 Å². The third-order valence-electron chi connectivity index (χ3n) is 6.63. The Bertz CT molecular complexity index is 959. The predicted molar refractivity (Wildman–Crippen MR) is 144 cm³/mol. The molecule has 38 heavy (non-hydrogen) atoms. The minimum Gasteiger partial charge on any atom is -0.477 e. The van der Waals surface area contributed by atoms with E-state index in [1.165, 1.54) is 17.1 Å². The third-order valence-corrected chi connectivity index (χ3v) is 7.49. The van der Waals surface area contributed by atoms with E-state index in [9.17, 15) is 24.3 Å². The largest absolute Gasteiger partial charge is 0.477 e. The molecular weight excluding hydrogens is 510 g/mol. The molecule has 3 N–H and O–H groups in total. The fraction of sp³-hybridized carbons (Fsp3) is 0.615. The summed E-state index contributed by atoms with van der Waals surface area (Å²) in [6, 6.07) is -1.02. The number of carbonyl (C=O) groups is 4. The number of fused-ring (bicyclic) bond motifs is 1. The van der Waals surface area contributed by atoms with Crippen LogP contribution in [0.5, 0.6) is 0 Å². The van der Waals surface area contributed by atoms with Crippen LogP contribution in [0.1, 0.15) is 33.6 Å². The Balaban J connectivity index is 2.25. The number of hydrogen-bond donors (Lipinski definition) is 3. The fourth-order valence-corrected chi connectivity index (χ4v) is 5.44. The monoisotopic (exact) mass is 551 g/mol. The van der Waals surface area contributed by atoms with Gasteiger partial charge in [-0.25, -0.2) is 14.4 Å². The summed E-state index contributed by atoms with van der Waals surface area (Å²) in [6.45, 7) is 17.7. The zero-order chi connectivity index (χ0) is 28.6. The summed E-state index contributed by atoms with van der Waals surface area (Å²) in [6.07, 6.45) is 1.82. The molecule has 0 aromatic heterocycles. The molecule has 212 valence electrons. The van der Waals surface area contributed by atoms with Crippen LogP contribution in [-0.4, -0.2) is 81.6 Å². The third kappa shape index (κ3) is 7.94. The van der Waals surface area contributed by atoms with Crippen LogP contribution in [0.15, 0.2) is 36.6 Å². The van der Waals surface area contributed by atoms with Crippen molar-refractivity contribution in [3.63, 3.8) is 0 Å². The van der Waals surface area contributed by atoms with Gasteiger partial charge in [-0.3, -0.25) is 4.79 Å². The SMILES string of the molecule is C=CCOC(=O)NCC(CC1=C(C(=O)O)N2C(=O)[C@@H]([C@@H](CO[SiH](C)C)C(C)(C)C)[C@H]2C1)NC(=O)OCC=C. The molecule has 0 spiro atoms. The van der Waals surface area contributed by atoms with Gasteiger partial charge in [0, 0.05) is 13.2 Å². The number of hydrogen-bond acceptors (Lipinski definition) is 7. The number of β-lactam (4-membered cyclic amide) rings is 1. The summed E-state index contributed by atoms with van der Waals surface area (Å²) < 4.78 is 15.9. The smallest absolute Gasteiger partial charge is 0.407 e. The van der Waals surface area contributed by atoms with Crippen molar-refractivity contribution >= 4 is 33.1 Å². The van der Waals surface area contributed by atoms with Crippen LogP contribution < -0.4 is 10.6 Å². The van der Waals surface area contributed by atoms with E-state index in [2.05, 4.69) is 57.7 Å². The molecule has 2 aliphatic heterocycles. The van der Waals surface area contributed by atoms with E-state index in [4.69, 9.17) is 13.9 Å². The highest BCUT2D eigenvalue weighted by molar-refractivity contribution is 6.48. The molecule has 12 heteroatoms. The molecule has 0 radical (unpaired) electrons. The summed E-state index contributed by atoms with van der Waals surface area (Å²) in [5.41, 5.74) is 0.223. The minimum absolute atomic E-state index is 0.0116. The quantitative estimate of drug-likeness (QED) is 0.170. The van der Waals surface area contributed by atoms with E-state index in [1.807, 2.05) is 0 Å². The van der Waals surface area contributed by atoms with Gasteiger partial charge >= 0.3 is 18.2 Å². The van der Waals surface area contributed by atoms with Crippen molar-refractivity contribution < 1.29 is 38.2 Å². The average molecular weight is 552 g/mol. The van der Waals surface area contributed by atoms with Crippen molar-refractivity contribution in [1.82, 2.24) is 15.5 Å². The average Bonchev–Trinajstić information content (AvgIpc) is 3.16. The predicted octanol–water partition coefficient (Wildman–Crippen LogP) is 2.80. The number of amides is 3. The lowest BCUT2D eigenvalue weighted by molar-refractivity contribution is -0.162. The Morgan fingerprint density at radius 1 is 1.16 bits per heavy atom. The van der Waals surface area contributed by atoms with Crippen LogP contribution in [0.25, 0.3) is 0 Å².